The number of carbonyl (C=O) groups is 3. The summed E-state index contributed by atoms with van der Waals surface area (Å²) < 4.78 is 16.8. The average Bonchev–Trinajstić information content (AvgIpc) is 3.38. The van der Waals surface area contributed by atoms with Crippen LogP contribution in [-0.4, -0.2) is 37.2 Å². The third-order valence-electron chi connectivity index (χ3n) is 11.2. The summed E-state index contributed by atoms with van der Waals surface area (Å²) in [4.78, 5) is 38.1. The highest BCUT2D eigenvalue weighted by Gasteiger charge is 2.19. The summed E-state index contributed by atoms with van der Waals surface area (Å²) in [5.41, 5.74) is 0. The van der Waals surface area contributed by atoms with E-state index in [0.29, 0.717) is 19.3 Å². The standard InChI is InChI=1S/C66H102O6/c1-4-7-10-13-16-19-22-25-28-30-31-32-33-34-35-37-38-41-44-47-50-53-56-59-65(68)71-62-63(61-70-64(67)58-55-52-49-46-43-40-27-24-21-18-15-12-9-6-3)72-66(69)60-57-54-51-48-45-42-39-36-29-26-23-20-17-14-11-8-5-2/h7-8,10-11,15-20,24-29,31-32,34-35,38-39,41-42,48,51,63H,4-6,9,12-14,21-23,30,33,36-37,40,43-47,49-50,52-62H2,1-3H3/b10-7-,11-8-,18-15-,19-16-,20-17-,27-24-,28-25-,29-26-,32-31-,35-34-,41-38-,42-39-,51-48-. The molecule has 0 aromatic rings. The molecule has 0 aliphatic rings. The molecule has 0 bridgehead atoms. The number of hydrogen-bond donors (Lipinski definition) is 0. The van der Waals surface area contributed by atoms with E-state index in [2.05, 4.69) is 179 Å². The minimum Gasteiger partial charge on any atom is -0.462 e. The molecule has 0 aliphatic heterocycles. The Morgan fingerprint density at radius 3 is 0.889 bits per heavy atom. The predicted octanol–water partition coefficient (Wildman–Crippen LogP) is 19.4. The fourth-order valence-corrected chi connectivity index (χ4v) is 7.03. The second kappa shape index (κ2) is 58.6. The lowest BCUT2D eigenvalue weighted by Gasteiger charge is -2.18. The highest BCUT2D eigenvalue weighted by atomic mass is 16.6. The van der Waals surface area contributed by atoms with Gasteiger partial charge in [-0.1, -0.05) is 224 Å². The van der Waals surface area contributed by atoms with Gasteiger partial charge in [-0.2, -0.15) is 0 Å². The van der Waals surface area contributed by atoms with Gasteiger partial charge in [-0.25, -0.2) is 0 Å². The molecule has 0 heterocycles. The van der Waals surface area contributed by atoms with Gasteiger partial charge in [0, 0.05) is 19.3 Å². The molecule has 72 heavy (non-hydrogen) atoms. The van der Waals surface area contributed by atoms with E-state index in [1.165, 1.54) is 19.3 Å². The molecule has 0 saturated carbocycles. The van der Waals surface area contributed by atoms with Gasteiger partial charge in [-0.3, -0.25) is 14.4 Å². The van der Waals surface area contributed by atoms with Crippen LogP contribution >= 0.6 is 0 Å². The van der Waals surface area contributed by atoms with Crippen molar-refractivity contribution in [1.82, 2.24) is 0 Å². The van der Waals surface area contributed by atoms with Crippen LogP contribution in [0.15, 0.2) is 158 Å². The molecule has 6 heteroatoms. The van der Waals surface area contributed by atoms with Crippen LogP contribution in [0, 0.1) is 0 Å². The van der Waals surface area contributed by atoms with E-state index in [9.17, 15) is 14.4 Å². The van der Waals surface area contributed by atoms with E-state index >= 15 is 0 Å². The molecule has 0 aromatic carbocycles. The van der Waals surface area contributed by atoms with Crippen LogP contribution in [0.1, 0.15) is 220 Å². The molecule has 0 rings (SSSR count). The van der Waals surface area contributed by atoms with Gasteiger partial charge in [-0.05, 0) is 135 Å². The quantitative estimate of drug-likeness (QED) is 0.0262. The summed E-state index contributed by atoms with van der Waals surface area (Å²) in [5, 5.41) is 0. The molecule has 0 aromatic heterocycles. The largest absolute Gasteiger partial charge is 0.462 e. The fraction of sp³-hybridized carbons (Fsp3) is 0.561. The molecule has 0 fully saturated rings. The van der Waals surface area contributed by atoms with Crippen LogP contribution in [0.2, 0.25) is 0 Å². The zero-order valence-electron chi connectivity index (χ0n) is 45.9. The van der Waals surface area contributed by atoms with Gasteiger partial charge in [0.15, 0.2) is 6.10 Å². The molecule has 402 valence electrons. The molecule has 0 aliphatic carbocycles. The Labute approximate surface area is 441 Å². The van der Waals surface area contributed by atoms with Crippen molar-refractivity contribution in [3.8, 4) is 0 Å². The maximum absolute atomic E-state index is 12.8. The predicted molar refractivity (Wildman–Crippen MR) is 311 cm³/mol. The lowest BCUT2D eigenvalue weighted by Crippen LogP contribution is -2.30. The number of rotatable bonds is 49. The number of carbonyl (C=O) groups excluding carboxylic acids is 3. The topological polar surface area (TPSA) is 78.9 Å². The second-order valence-corrected chi connectivity index (χ2v) is 18.1. The molecule has 0 N–H and O–H groups in total. The molecular formula is C66H102O6. The first kappa shape index (κ1) is 67.0. The van der Waals surface area contributed by atoms with Crippen molar-refractivity contribution in [3.63, 3.8) is 0 Å². The molecule has 0 amide bonds. The number of allylic oxidation sites excluding steroid dienone is 26. The van der Waals surface area contributed by atoms with E-state index in [0.717, 1.165) is 154 Å². The van der Waals surface area contributed by atoms with Crippen molar-refractivity contribution in [2.45, 2.75) is 226 Å². The van der Waals surface area contributed by atoms with E-state index in [4.69, 9.17) is 14.2 Å². The molecule has 0 saturated heterocycles. The Kier molecular flexibility index (Phi) is 54.6. The van der Waals surface area contributed by atoms with Crippen molar-refractivity contribution in [1.29, 1.82) is 0 Å². The Hall–Kier alpha value is -4.97. The number of esters is 3. The second-order valence-electron chi connectivity index (χ2n) is 18.1. The summed E-state index contributed by atoms with van der Waals surface area (Å²) in [6.07, 6.45) is 85.2. The number of hydrogen-bond acceptors (Lipinski definition) is 6. The molecule has 0 spiro atoms. The Bertz CT molecular complexity index is 1660. The van der Waals surface area contributed by atoms with Crippen LogP contribution in [-0.2, 0) is 28.6 Å². The minimum absolute atomic E-state index is 0.124. The maximum Gasteiger partial charge on any atom is 0.306 e. The zero-order chi connectivity index (χ0) is 52.2. The average molecular weight is 992 g/mol. The first-order valence-electron chi connectivity index (χ1n) is 28.5. The highest BCUT2D eigenvalue weighted by molar-refractivity contribution is 5.71. The summed E-state index contributed by atoms with van der Waals surface area (Å²) in [5.74, 6) is -1.03. The maximum atomic E-state index is 12.8. The van der Waals surface area contributed by atoms with Crippen molar-refractivity contribution in [3.05, 3.63) is 158 Å². The smallest absolute Gasteiger partial charge is 0.306 e. The normalized spacial score (nSPS) is 13.3. The van der Waals surface area contributed by atoms with Gasteiger partial charge in [-0.15, -0.1) is 0 Å². The van der Waals surface area contributed by atoms with Gasteiger partial charge in [0.2, 0.25) is 0 Å². The van der Waals surface area contributed by atoms with E-state index < -0.39 is 6.10 Å². The van der Waals surface area contributed by atoms with Crippen molar-refractivity contribution >= 4 is 17.9 Å². The monoisotopic (exact) mass is 991 g/mol. The Morgan fingerprint density at radius 2 is 0.556 bits per heavy atom. The SMILES string of the molecule is CC/C=C\C/C=C\C/C=C\C/C=C\C/C=C\C/C=C\CCCCCCC(=O)OCC(COC(=O)CCCCCCC/C=C\C/C=C\CCCC)OC(=O)CCC/C=C\C/C=C\C/C=C\C/C=C\C/C=C\CC. The molecule has 6 nitrogen and oxygen atoms in total. The molecule has 1 atom stereocenters. The third-order valence-corrected chi connectivity index (χ3v) is 11.2. The van der Waals surface area contributed by atoms with Crippen LogP contribution < -0.4 is 0 Å². The van der Waals surface area contributed by atoms with E-state index in [-0.39, 0.29) is 37.5 Å². The van der Waals surface area contributed by atoms with E-state index in [1.54, 1.807) is 0 Å². The fourth-order valence-electron chi connectivity index (χ4n) is 7.03. The number of unbranched alkanes of at least 4 members (excludes halogenated alkanes) is 12. The van der Waals surface area contributed by atoms with Crippen molar-refractivity contribution in [2.75, 3.05) is 13.2 Å². The highest BCUT2D eigenvalue weighted by Crippen LogP contribution is 2.12. The Balaban J connectivity index is 4.55. The summed E-state index contributed by atoms with van der Waals surface area (Å²) in [6.45, 7) is 6.27. The van der Waals surface area contributed by atoms with Gasteiger partial charge in [0.25, 0.3) is 0 Å². The van der Waals surface area contributed by atoms with Crippen molar-refractivity contribution in [2.24, 2.45) is 0 Å². The minimum atomic E-state index is -0.833. The lowest BCUT2D eigenvalue weighted by molar-refractivity contribution is -0.167. The van der Waals surface area contributed by atoms with Crippen LogP contribution in [0.4, 0.5) is 0 Å². The van der Waals surface area contributed by atoms with Gasteiger partial charge in [0.1, 0.15) is 13.2 Å². The van der Waals surface area contributed by atoms with E-state index in [1.807, 2.05) is 0 Å². The summed E-state index contributed by atoms with van der Waals surface area (Å²) >= 11 is 0. The molecule has 1 unspecified atom stereocenters. The zero-order valence-corrected chi connectivity index (χ0v) is 45.9. The first-order chi connectivity index (χ1) is 35.5. The van der Waals surface area contributed by atoms with Crippen LogP contribution in [0.5, 0.6) is 0 Å². The first-order valence-corrected chi connectivity index (χ1v) is 28.5. The van der Waals surface area contributed by atoms with Gasteiger partial charge >= 0.3 is 17.9 Å². The molecule has 0 radical (unpaired) electrons. The van der Waals surface area contributed by atoms with Crippen molar-refractivity contribution < 1.29 is 28.6 Å². The summed E-state index contributed by atoms with van der Waals surface area (Å²) in [6, 6.07) is 0. The summed E-state index contributed by atoms with van der Waals surface area (Å²) in [7, 11) is 0. The Morgan fingerprint density at radius 1 is 0.292 bits per heavy atom. The van der Waals surface area contributed by atoms with Gasteiger partial charge in [0.05, 0.1) is 0 Å². The lowest BCUT2D eigenvalue weighted by atomic mass is 10.1. The molecular weight excluding hydrogens is 889 g/mol. The van der Waals surface area contributed by atoms with Gasteiger partial charge < -0.3 is 14.2 Å². The van der Waals surface area contributed by atoms with Crippen LogP contribution in [0.25, 0.3) is 0 Å². The van der Waals surface area contributed by atoms with Crippen LogP contribution in [0.3, 0.4) is 0 Å². The third kappa shape index (κ3) is 56.0. The number of ether oxygens (including phenoxy) is 3.